The second-order valence-electron chi connectivity index (χ2n) is 5.78. The normalized spacial score (nSPS) is 21.5. The molecule has 1 N–H and O–H groups in total. The van der Waals surface area contributed by atoms with Crippen LogP contribution in [0.2, 0.25) is 0 Å². The summed E-state index contributed by atoms with van der Waals surface area (Å²) < 4.78 is 0. The maximum Gasteiger partial charge on any atom is 0.356 e. The minimum atomic E-state index is -0.991. The molecule has 1 aromatic rings. The number of carboxylic acid groups (broad SMARTS) is 1. The van der Waals surface area contributed by atoms with Crippen LogP contribution in [0.3, 0.4) is 0 Å². The van der Waals surface area contributed by atoms with E-state index in [-0.39, 0.29) is 11.6 Å². The van der Waals surface area contributed by atoms with E-state index in [2.05, 4.69) is 16.9 Å². The molecule has 2 unspecified atom stereocenters. The molecule has 1 aromatic heterocycles. The van der Waals surface area contributed by atoms with Gasteiger partial charge in [-0.25, -0.2) is 14.8 Å². The van der Waals surface area contributed by atoms with E-state index in [1.807, 2.05) is 25.8 Å². The van der Waals surface area contributed by atoms with Gasteiger partial charge in [0.15, 0.2) is 5.69 Å². The second kappa shape index (κ2) is 5.15. The molecule has 0 spiro atoms. The number of aromatic nitrogens is 2. The minimum absolute atomic E-state index is 0.106. The number of nitrogens with zero attached hydrogens (tertiary/aromatic N) is 3. The minimum Gasteiger partial charge on any atom is -0.476 e. The van der Waals surface area contributed by atoms with Gasteiger partial charge >= 0.3 is 5.97 Å². The first-order valence-electron chi connectivity index (χ1n) is 6.71. The largest absolute Gasteiger partial charge is 0.476 e. The number of carboxylic acids is 1. The lowest BCUT2D eigenvalue weighted by molar-refractivity contribution is 0.0690. The maximum absolute atomic E-state index is 11.3. The third-order valence-corrected chi connectivity index (χ3v) is 3.70. The number of carbonyl (C=O) groups is 1. The van der Waals surface area contributed by atoms with E-state index in [0.717, 1.165) is 12.5 Å². The van der Waals surface area contributed by atoms with Crippen molar-refractivity contribution < 1.29 is 9.90 Å². The van der Waals surface area contributed by atoms with Crippen LogP contribution >= 0.6 is 0 Å². The third-order valence-electron chi connectivity index (χ3n) is 3.70. The maximum atomic E-state index is 11.3. The Labute approximate surface area is 113 Å². The molecule has 1 aliphatic rings. The Morgan fingerprint density at radius 1 is 1.58 bits per heavy atom. The Morgan fingerprint density at radius 2 is 2.21 bits per heavy atom. The summed E-state index contributed by atoms with van der Waals surface area (Å²) in [6, 6.07) is 0. The number of rotatable bonds is 5. The van der Waals surface area contributed by atoms with E-state index in [1.54, 1.807) is 6.20 Å². The molecule has 1 aliphatic carbocycles. The number of anilines is 1. The lowest BCUT2D eigenvalue weighted by atomic mass is 10.2. The molecule has 2 rings (SSSR count). The molecule has 1 fully saturated rings. The van der Waals surface area contributed by atoms with Crippen molar-refractivity contribution in [2.75, 3.05) is 18.5 Å². The summed E-state index contributed by atoms with van der Waals surface area (Å²) in [5, 5.41) is 9.31. The number of aromatic carboxylic acids is 1. The second-order valence-corrected chi connectivity index (χ2v) is 5.78. The van der Waals surface area contributed by atoms with Crippen LogP contribution in [0, 0.1) is 11.8 Å². The highest BCUT2D eigenvalue weighted by atomic mass is 16.4. The Hall–Kier alpha value is -1.65. The highest BCUT2D eigenvalue weighted by molar-refractivity contribution is 5.91. The zero-order chi connectivity index (χ0) is 14.2. The Kier molecular flexibility index (Phi) is 3.73. The van der Waals surface area contributed by atoms with Crippen molar-refractivity contribution in [1.29, 1.82) is 0 Å². The molecular weight excluding hydrogens is 242 g/mol. The Balaban J connectivity index is 2.25. The molecule has 5 heteroatoms. The SMILES string of the molecule is CC(C)c1ncc(N(C)CC2CC2C)c(C(=O)O)n1. The standard InChI is InChI=1S/C14H21N3O2/c1-8(2)13-15-6-11(12(16-13)14(18)19)17(4)7-10-5-9(10)3/h6,8-10H,5,7H2,1-4H3,(H,18,19). The summed E-state index contributed by atoms with van der Waals surface area (Å²) in [6.45, 7) is 6.99. The van der Waals surface area contributed by atoms with Crippen molar-refractivity contribution in [3.63, 3.8) is 0 Å². The topological polar surface area (TPSA) is 66.3 Å². The van der Waals surface area contributed by atoms with Crippen LogP contribution in [0.5, 0.6) is 0 Å². The lowest BCUT2D eigenvalue weighted by Crippen LogP contribution is -2.24. The first-order valence-corrected chi connectivity index (χ1v) is 6.71. The van der Waals surface area contributed by atoms with Crippen molar-refractivity contribution in [1.82, 2.24) is 9.97 Å². The van der Waals surface area contributed by atoms with Gasteiger partial charge in [-0.2, -0.15) is 0 Å². The molecule has 5 nitrogen and oxygen atoms in total. The fraction of sp³-hybridized carbons (Fsp3) is 0.643. The predicted molar refractivity (Wildman–Crippen MR) is 73.6 cm³/mol. The summed E-state index contributed by atoms with van der Waals surface area (Å²) in [5.41, 5.74) is 0.713. The summed E-state index contributed by atoms with van der Waals surface area (Å²) in [6.07, 6.45) is 2.86. The highest BCUT2D eigenvalue weighted by Gasteiger charge is 2.34. The van der Waals surface area contributed by atoms with Gasteiger partial charge in [-0.1, -0.05) is 20.8 Å². The molecule has 0 aliphatic heterocycles. The fourth-order valence-electron chi connectivity index (χ4n) is 2.21. The molecule has 0 bridgehead atoms. The van der Waals surface area contributed by atoms with Crippen molar-refractivity contribution in [2.45, 2.75) is 33.1 Å². The molecule has 0 saturated heterocycles. The molecule has 0 amide bonds. The molecule has 0 aromatic carbocycles. The molecule has 19 heavy (non-hydrogen) atoms. The number of hydrogen-bond acceptors (Lipinski definition) is 4. The first kappa shape index (κ1) is 13.8. The van der Waals surface area contributed by atoms with Crippen molar-refractivity contribution in [3.05, 3.63) is 17.7 Å². The Morgan fingerprint density at radius 3 is 2.68 bits per heavy atom. The summed E-state index contributed by atoms with van der Waals surface area (Å²) in [5.74, 6) is 1.12. The van der Waals surface area contributed by atoms with Gasteiger partial charge in [0.25, 0.3) is 0 Å². The van der Waals surface area contributed by atoms with E-state index < -0.39 is 5.97 Å². The quantitative estimate of drug-likeness (QED) is 0.883. The van der Waals surface area contributed by atoms with Gasteiger partial charge in [0.2, 0.25) is 0 Å². The van der Waals surface area contributed by atoms with Crippen molar-refractivity contribution in [2.24, 2.45) is 11.8 Å². The van der Waals surface area contributed by atoms with E-state index >= 15 is 0 Å². The summed E-state index contributed by atoms with van der Waals surface area (Å²) in [4.78, 5) is 21.8. The van der Waals surface area contributed by atoms with Crippen LogP contribution in [0.4, 0.5) is 5.69 Å². The predicted octanol–water partition coefficient (Wildman–Crippen LogP) is 2.39. The highest BCUT2D eigenvalue weighted by Crippen LogP contribution is 2.38. The average Bonchev–Trinajstić information content (AvgIpc) is 3.03. The molecular formula is C14H21N3O2. The average molecular weight is 263 g/mol. The molecule has 0 radical (unpaired) electrons. The van der Waals surface area contributed by atoms with E-state index in [0.29, 0.717) is 17.4 Å². The lowest BCUT2D eigenvalue weighted by Gasteiger charge is -2.21. The van der Waals surface area contributed by atoms with Crippen molar-refractivity contribution in [3.8, 4) is 0 Å². The Bertz CT molecular complexity index is 488. The van der Waals surface area contributed by atoms with Crippen LogP contribution < -0.4 is 4.90 Å². The molecule has 1 heterocycles. The van der Waals surface area contributed by atoms with Crippen LogP contribution in [-0.4, -0.2) is 34.6 Å². The van der Waals surface area contributed by atoms with E-state index in [1.165, 1.54) is 6.42 Å². The van der Waals surface area contributed by atoms with Gasteiger partial charge in [-0.3, -0.25) is 0 Å². The number of hydrogen-bond donors (Lipinski definition) is 1. The van der Waals surface area contributed by atoms with Gasteiger partial charge in [0.05, 0.1) is 11.9 Å². The fourth-order valence-corrected chi connectivity index (χ4v) is 2.21. The van der Waals surface area contributed by atoms with E-state index in [9.17, 15) is 9.90 Å². The van der Waals surface area contributed by atoms with Gasteiger partial charge in [0.1, 0.15) is 5.82 Å². The third kappa shape index (κ3) is 3.03. The van der Waals surface area contributed by atoms with Gasteiger partial charge in [-0.15, -0.1) is 0 Å². The first-order chi connectivity index (χ1) is 8.90. The summed E-state index contributed by atoms with van der Waals surface area (Å²) >= 11 is 0. The molecule has 104 valence electrons. The van der Waals surface area contributed by atoms with Gasteiger partial charge < -0.3 is 10.0 Å². The molecule has 2 atom stereocenters. The zero-order valence-electron chi connectivity index (χ0n) is 11.9. The van der Waals surface area contributed by atoms with E-state index in [4.69, 9.17) is 0 Å². The van der Waals surface area contributed by atoms with Crippen LogP contribution in [0.15, 0.2) is 6.20 Å². The van der Waals surface area contributed by atoms with Gasteiger partial charge in [0, 0.05) is 19.5 Å². The summed E-state index contributed by atoms with van der Waals surface area (Å²) in [7, 11) is 1.91. The van der Waals surface area contributed by atoms with Crippen LogP contribution in [0.1, 0.15) is 49.4 Å². The van der Waals surface area contributed by atoms with Crippen LogP contribution in [-0.2, 0) is 0 Å². The monoisotopic (exact) mass is 263 g/mol. The zero-order valence-corrected chi connectivity index (χ0v) is 11.9. The smallest absolute Gasteiger partial charge is 0.356 e. The van der Waals surface area contributed by atoms with Crippen molar-refractivity contribution >= 4 is 11.7 Å². The van der Waals surface area contributed by atoms with Crippen LogP contribution in [0.25, 0.3) is 0 Å². The van der Waals surface area contributed by atoms with Gasteiger partial charge in [-0.05, 0) is 18.3 Å². The molecule has 1 saturated carbocycles.